The van der Waals surface area contributed by atoms with E-state index in [4.69, 9.17) is 6.57 Å². The molecule has 1 aromatic heterocycles. The molecule has 0 radical (unpaired) electrons. The third-order valence-electron chi connectivity index (χ3n) is 6.48. The summed E-state index contributed by atoms with van der Waals surface area (Å²) in [5, 5.41) is 9.93. The lowest BCUT2D eigenvalue weighted by molar-refractivity contribution is -0.223. The fourth-order valence-corrected chi connectivity index (χ4v) is 5.34. The van der Waals surface area contributed by atoms with Gasteiger partial charge in [0.2, 0.25) is 5.91 Å². The second kappa shape index (κ2) is 5.96. The molecule has 3 aliphatic carbocycles. The van der Waals surface area contributed by atoms with Crippen molar-refractivity contribution >= 4 is 17.9 Å². The van der Waals surface area contributed by atoms with Gasteiger partial charge in [0.25, 0.3) is 5.82 Å². The van der Waals surface area contributed by atoms with Crippen molar-refractivity contribution < 1.29 is 13.6 Å². The Morgan fingerprint density at radius 3 is 2.62 bits per heavy atom. The van der Waals surface area contributed by atoms with Crippen molar-refractivity contribution in [2.24, 2.45) is 15.9 Å². The number of hydrogen-bond acceptors (Lipinski definition) is 3. The molecule has 1 aromatic carbocycles. The first-order valence-electron chi connectivity index (χ1n) is 9.57. The Morgan fingerprint density at radius 1 is 1.28 bits per heavy atom. The molecule has 4 aliphatic rings. The zero-order chi connectivity index (χ0) is 20.4. The zero-order valence-corrected chi connectivity index (χ0v) is 15.9. The van der Waals surface area contributed by atoms with Crippen LogP contribution in [0.3, 0.4) is 0 Å². The molecule has 0 N–H and O–H groups in total. The van der Waals surface area contributed by atoms with Gasteiger partial charge in [0.05, 0.1) is 17.7 Å². The summed E-state index contributed by atoms with van der Waals surface area (Å²) in [6.07, 6.45) is 5.95. The number of rotatable bonds is 4. The standard InChI is InChI=1S/C21H19F2N5O/c1-13-8-26-27(18(13)24-2)12-20-9-21(10-20,11-20)19(29)28-17(3-4-25-28)14-5-15(22)7-16(23)6-14/h4-8,17H,3,9-12H2,1H3. The van der Waals surface area contributed by atoms with Gasteiger partial charge < -0.3 is 4.85 Å². The SMILES string of the molecule is [C-]#[N+]c1c(C)cnn1CC12CC(C(=O)N3N=CCC3c3cc(F)cc(F)c3)(C1)C2. The number of amides is 1. The van der Waals surface area contributed by atoms with E-state index < -0.39 is 23.1 Å². The van der Waals surface area contributed by atoms with Gasteiger partial charge in [-0.15, -0.1) is 5.10 Å². The molecule has 1 aliphatic heterocycles. The van der Waals surface area contributed by atoms with Gasteiger partial charge in [-0.2, -0.15) is 9.78 Å². The van der Waals surface area contributed by atoms with Gasteiger partial charge >= 0.3 is 0 Å². The van der Waals surface area contributed by atoms with Crippen LogP contribution in [0.15, 0.2) is 29.5 Å². The third kappa shape index (κ3) is 2.60. The van der Waals surface area contributed by atoms with E-state index in [-0.39, 0.29) is 11.3 Å². The summed E-state index contributed by atoms with van der Waals surface area (Å²) in [5.41, 5.74) is 0.821. The minimum Gasteiger partial charge on any atom is -0.362 e. The van der Waals surface area contributed by atoms with E-state index >= 15 is 0 Å². The molecule has 0 saturated heterocycles. The number of hydrazone groups is 1. The second-order valence-electron chi connectivity index (χ2n) is 8.63. The molecule has 3 saturated carbocycles. The number of carbonyl (C=O) groups is 1. The van der Waals surface area contributed by atoms with Crippen LogP contribution in [0.4, 0.5) is 14.6 Å². The summed E-state index contributed by atoms with van der Waals surface area (Å²) in [4.78, 5) is 16.8. The van der Waals surface area contributed by atoms with E-state index in [0.29, 0.717) is 24.3 Å². The molecule has 1 atom stereocenters. The van der Waals surface area contributed by atoms with Crippen LogP contribution in [0, 0.1) is 36.0 Å². The predicted molar refractivity (Wildman–Crippen MR) is 101 cm³/mol. The van der Waals surface area contributed by atoms with Crippen LogP contribution in [0.5, 0.6) is 0 Å². The molecule has 3 fully saturated rings. The maximum Gasteiger partial charge on any atom is 0.255 e. The Hall–Kier alpha value is -3.08. The van der Waals surface area contributed by atoms with E-state index in [1.54, 1.807) is 17.1 Å². The van der Waals surface area contributed by atoms with Crippen LogP contribution in [-0.2, 0) is 11.3 Å². The van der Waals surface area contributed by atoms with Crippen molar-refractivity contribution in [2.75, 3.05) is 0 Å². The Balaban J connectivity index is 1.30. The van der Waals surface area contributed by atoms with Crippen molar-refractivity contribution in [3.05, 3.63) is 58.6 Å². The summed E-state index contributed by atoms with van der Waals surface area (Å²) in [5.74, 6) is -0.847. The highest BCUT2D eigenvalue weighted by atomic mass is 19.1. The molecule has 0 spiro atoms. The molecular weight excluding hydrogens is 376 g/mol. The summed E-state index contributed by atoms with van der Waals surface area (Å²) < 4.78 is 29.0. The van der Waals surface area contributed by atoms with Crippen molar-refractivity contribution in [3.8, 4) is 0 Å². The summed E-state index contributed by atoms with van der Waals surface area (Å²) in [7, 11) is 0. The van der Waals surface area contributed by atoms with Crippen LogP contribution in [-0.4, -0.2) is 26.9 Å². The molecule has 148 valence electrons. The van der Waals surface area contributed by atoms with Gasteiger partial charge in [-0.1, -0.05) is 6.57 Å². The minimum absolute atomic E-state index is 0.00252. The second-order valence-corrected chi connectivity index (χ2v) is 8.63. The van der Waals surface area contributed by atoms with Crippen LogP contribution < -0.4 is 0 Å². The lowest BCUT2D eigenvalue weighted by atomic mass is 9.34. The molecule has 1 amide bonds. The highest BCUT2D eigenvalue weighted by molar-refractivity contribution is 5.88. The molecular formula is C21H19F2N5O. The first-order valence-corrected chi connectivity index (χ1v) is 9.57. The van der Waals surface area contributed by atoms with Gasteiger partial charge in [0.1, 0.15) is 18.2 Å². The van der Waals surface area contributed by atoms with Crippen LogP contribution in [0.1, 0.15) is 42.9 Å². The fourth-order valence-electron chi connectivity index (χ4n) is 5.34. The van der Waals surface area contributed by atoms with E-state index in [9.17, 15) is 13.6 Å². The quantitative estimate of drug-likeness (QED) is 0.731. The Morgan fingerprint density at radius 2 is 1.97 bits per heavy atom. The minimum atomic E-state index is -0.658. The fraction of sp³-hybridized carbons (Fsp3) is 0.429. The highest BCUT2D eigenvalue weighted by Gasteiger charge is 2.73. The summed E-state index contributed by atoms with van der Waals surface area (Å²) in [6, 6.07) is 2.88. The van der Waals surface area contributed by atoms with E-state index in [0.717, 1.165) is 30.9 Å². The molecule has 2 heterocycles. The number of aryl methyl sites for hydroxylation is 1. The predicted octanol–water partition coefficient (Wildman–Crippen LogP) is 4.15. The Labute approximate surface area is 166 Å². The van der Waals surface area contributed by atoms with Gasteiger partial charge in [-0.3, -0.25) is 4.79 Å². The maximum atomic E-state index is 13.6. The number of carbonyl (C=O) groups excluding carboxylic acids is 1. The molecule has 2 bridgehead atoms. The van der Waals surface area contributed by atoms with Gasteiger partial charge in [0, 0.05) is 24.1 Å². The molecule has 29 heavy (non-hydrogen) atoms. The molecule has 2 aromatic rings. The van der Waals surface area contributed by atoms with Crippen LogP contribution >= 0.6 is 0 Å². The molecule has 6 rings (SSSR count). The number of aromatic nitrogens is 2. The zero-order valence-electron chi connectivity index (χ0n) is 15.9. The van der Waals surface area contributed by atoms with E-state index in [1.165, 1.54) is 17.1 Å². The number of nitrogens with zero attached hydrogens (tertiary/aromatic N) is 5. The first-order chi connectivity index (χ1) is 13.8. The lowest BCUT2D eigenvalue weighted by Crippen LogP contribution is -2.68. The maximum absolute atomic E-state index is 13.6. The van der Waals surface area contributed by atoms with Crippen molar-refractivity contribution in [1.82, 2.24) is 14.8 Å². The van der Waals surface area contributed by atoms with Crippen LogP contribution in [0.2, 0.25) is 0 Å². The van der Waals surface area contributed by atoms with Crippen LogP contribution in [0.25, 0.3) is 4.85 Å². The summed E-state index contributed by atoms with van der Waals surface area (Å²) in [6.45, 7) is 9.83. The first kappa shape index (κ1) is 18.0. The summed E-state index contributed by atoms with van der Waals surface area (Å²) >= 11 is 0. The number of hydrogen-bond donors (Lipinski definition) is 0. The normalized spacial score (nSPS) is 29.3. The highest BCUT2D eigenvalue weighted by Crippen LogP contribution is 2.74. The monoisotopic (exact) mass is 395 g/mol. The molecule has 1 unspecified atom stereocenters. The average molecular weight is 395 g/mol. The van der Waals surface area contributed by atoms with Crippen molar-refractivity contribution in [2.45, 2.75) is 45.2 Å². The van der Waals surface area contributed by atoms with Gasteiger partial charge in [-0.25, -0.2) is 13.8 Å². The topological polar surface area (TPSA) is 54.9 Å². The molecule has 8 heteroatoms. The smallest absolute Gasteiger partial charge is 0.255 e. The van der Waals surface area contributed by atoms with Crippen molar-refractivity contribution in [1.29, 1.82) is 0 Å². The number of benzene rings is 1. The van der Waals surface area contributed by atoms with Gasteiger partial charge in [-0.05, 0) is 49.4 Å². The van der Waals surface area contributed by atoms with E-state index in [2.05, 4.69) is 15.0 Å². The lowest BCUT2D eigenvalue weighted by Gasteiger charge is -2.68. The molecule has 6 nitrogen and oxygen atoms in total. The van der Waals surface area contributed by atoms with Crippen molar-refractivity contribution in [3.63, 3.8) is 0 Å². The largest absolute Gasteiger partial charge is 0.362 e. The van der Waals surface area contributed by atoms with Gasteiger partial charge in [0.15, 0.2) is 0 Å². The Bertz CT molecular complexity index is 1060. The number of halogens is 2. The average Bonchev–Trinajstić information content (AvgIpc) is 3.22. The van der Waals surface area contributed by atoms with E-state index in [1.807, 2.05) is 6.92 Å². The Kier molecular flexibility index (Phi) is 3.69. The third-order valence-corrected chi connectivity index (χ3v) is 6.48.